The van der Waals surface area contributed by atoms with E-state index in [0.717, 1.165) is 5.56 Å². The zero-order valence-corrected chi connectivity index (χ0v) is 12.3. The van der Waals surface area contributed by atoms with Crippen molar-refractivity contribution in [1.29, 1.82) is 0 Å². The average molecular weight is 285 g/mol. The summed E-state index contributed by atoms with van der Waals surface area (Å²) in [5.74, 6) is -0.392. The minimum absolute atomic E-state index is 0.0697. The first-order valence-electron chi connectivity index (χ1n) is 5.98. The van der Waals surface area contributed by atoms with Crippen LogP contribution in [0.4, 0.5) is 0 Å². The normalized spacial score (nSPS) is 10.3. The number of aryl methyl sites for hydroxylation is 1. The first-order chi connectivity index (χ1) is 9.10. The van der Waals surface area contributed by atoms with Gasteiger partial charge in [-0.05, 0) is 17.9 Å². The smallest absolute Gasteiger partial charge is 0.307 e. The Kier molecular flexibility index (Phi) is 6.52. The fourth-order valence-corrected chi connectivity index (χ4v) is 2.42. The topological polar surface area (TPSA) is 55.8 Å². The maximum Gasteiger partial charge on any atom is 0.307 e. The molecule has 0 radical (unpaired) electrons. The molecule has 1 aromatic rings. The highest BCUT2D eigenvalue weighted by atomic mass is 32.1. The molecular weight excluding hydrogens is 266 g/mol. The molecule has 19 heavy (non-hydrogen) atoms. The van der Waals surface area contributed by atoms with Crippen LogP contribution in [0.1, 0.15) is 22.3 Å². The van der Waals surface area contributed by atoms with Crippen molar-refractivity contribution >= 4 is 23.2 Å². The van der Waals surface area contributed by atoms with E-state index < -0.39 is 0 Å². The molecule has 5 nitrogen and oxygen atoms in total. The first-order valence-corrected chi connectivity index (χ1v) is 6.92. The molecule has 0 aliphatic rings. The number of amides is 1. The molecule has 1 aromatic heterocycles. The van der Waals surface area contributed by atoms with Gasteiger partial charge in [-0.15, -0.1) is 0 Å². The predicted molar refractivity (Wildman–Crippen MR) is 73.5 cm³/mol. The second-order valence-corrected chi connectivity index (χ2v) is 4.82. The minimum atomic E-state index is -0.322. The molecule has 1 rings (SSSR count). The Morgan fingerprint density at radius 2 is 2.00 bits per heavy atom. The summed E-state index contributed by atoms with van der Waals surface area (Å²) in [5.41, 5.74) is 1.64. The molecule has 0 bridgehead atoms. The molecular formula is C13H19NO4S. The van der Waals surface area contributed by atoms with Gasteiger partial charge in [0, 0.05) is 25.6 Å². The Balaban J connectivity index is 2.70. The fraction of sp³-hybridized carbons (Fsp3) is 0.538. The lowest BCUT2D eigenvalue weighted by Gasteiger charge is -2.21. The van der Waals surface area contributed by atoms with Crippen molar-refractivity contribution in [2.45, 2.75) is 13.3 Å². The molecule has 0 fully saturated rings. The van der Waals surface area contributed by atoms with E-state index in [1.54, 1.807) is 12.0 Å². The van der Waals surface area contributed by atoms with Gasteiger partial charge in [-0.25, -0.2) is 0 Å². The standard InChI is InChI=1S/C13H19NO4S/c1-10-8-19-9-11(10)13(16)14(6-7-17-2)5-4-12(15)18-3/h8-9H,4-7H2,1-3H3. The lowest BCUT2D eigenvalue weighted by atomic mass is 10.2. The molecule has 0 atom stereocenters. The highest BCUT2D eigenvalue weighted by Gasteiger charge is 2.19. The number of carbonyl (C=O) groups excluding carboxylic acids is 2. The molecule has 0 saturated carbocycles. The Hall–Kier alpha value is -1.40. The molecule has 0 spiro atoms. The second kappa shape index (κ2) is 7.91. The van der Waals surface area contributed by atoms with Crippen LogP contribution >= 0.6 is 11.3 Å². The van der Waals surface area contributed by atoms with E-state index in [-0.39, 0.29) is 18.3 Å². The molecule has 1 heterocycles. The van der Waals surface area contributed by atoms with Gasteiger partial charge < -0.3 is 14.4 Å². The lowest BCUT2D eigenvalue weighted by Crippen LogP contribution is -2.36. The van der Waals surface area contributed by atoms with Crippen molar-refractivity contribution in [3.63, 3.8) is 0 Å². The molecule has 0 aliphatic heterocycles. The van der Waals surface area contributed by atoms with Crippen LogP contribution in [0.25, 0.3) is 0 Å². The van der Waals surface area contributed by atoms with Gasteiger partial charge in [-0.1, -0.05) is 0 Å². The van der Waals surface area contributed by atoms with Crippen LogP contribution in [0, 0.1) is 6.92 Å². The van der Waals surface area contributed by atoms with E-state index >= 15 is 0 Å². The molecule has 106 valence electrons. The van der Waals surface area contributed by atoms with Gasteiger partial charge in [0.2, 0.25) is 0 Å². The monoisotopic (exact) mass is 285 g/mol. The number of hydrogen-bond donors (Lipinski definition) is 0. The van der Waals surface area contributed by atoms with Crippen molar-refractivity contribution < 1.29 is 19.1 Å². The number of thiophene rings is 1. The summed E-state index contributed by atoms with van der Waals surface area (Å²) in [6.45, 7) is 3.14. The van der Waals surface area contributed by atoms with Crippen molar-refractivity contribution in [2.24, 2.45) is 0 Å². The number of rotatable bonds is 7. The van der Waals surface area contributed by atoms with Gasteiger partial charge in [0.15, 0.2) is 0 Å². The van der Waals surface area contributed by atoms with Gasteiger partial charge in [0.25, 0.3) is 5.91 Å². The summed E-state index contributed by atoms with van der Waals surface area (Å²) in [6.07, 6.45) is 0.190. The third kappa shape index (κ3) is 4.65. The number of hydrogen-bond acceptors (Lipinski definition) is 5. The third-order valence-corrected chi connectivity index (χ3v) is 3.61. The van der Waals surface area contributed by atoms with Crippen LogP contribution in [0.5, 0.6) is 0 Å². The number of methoxy groups -OCH3 is 2. The van der Waals surface area contributed by atoms with E-state index in [4.69, 9.17) is 4.74 Å². The summed E-state index contributed by atoms with van der Waals surface area (Å²) in [4.78, 5) is 25.2. The molecule has 1 amide bonds. The largest absolute Gasteiger partial charge is 0.469 e. The van der Waals surface area contributed by atoms with Crippen LogP contribution in [0.15, 0.2) is 10.8 Å². The Morgan fingerprint density at radius 3 is 2.53 bits per heavy atom. The van der Waals surface area contributed by atoms with Gasteiger partial charge in [0.05, 0.1) is 25.7 Å². The fourth-order valence-electron chi connectivity index (χ4n) is 1.59. The first kappa shape index (κ1) is 15.7. The SMILES string of the molecule is COCCN(CCC(=O)OC)C(=O)c1cscc1C. The zero-order valence-electron chi connectivity index (χ0n) is 11.5. The van der Waals surface area contributed by atoms with Crippen molar-refractivity contribution in [2.75, 3.05) is 33.9 Å². The molecule has 0 aliphatic carbocycles. The summed E-state index contributed by atoms with van der Waals surface area (Å²) in [7, 11) is 2.92. The maximum absolute atomic E-state index is 12.4. The highest BCUT2D eigenvalue weighted by Crippen LogP contribution is 2.16. The van der Waals surface area contributed by atoms with E-state index in [1.165, 1.54) is 18.4 Å². The van der Waals surface area contributed by atoms with Crippen LogP contribution in [-0.4, -0.2) is 50.7 Å². The van der Waals surface area contributed by atoms with Gasteiger partial charge in [-0.3, -0.25) is 9.59 Å². The summed E-state index contributed by atoms with van der Waals surface area (Å²) < 4.78 is 9.59. The second-order valence-electron chi connectivity index (χ2n) is 4.08. The third-order valence-electron chi connectivity index (χ3n) is 2.75. The van der Waals surface area contributed by atoms with E-state index in [2.05, 4.69) is 4.74 Å². The van der Waals surface area contributed by atoms with Crippen molar-refractivity contribution in [3.05, 3.63) is 21.9 Å². The molecule has 0 N–H and O–H groups in total. The molecule has 0 saturated heterocycles. The quantitative estimate of drug-likeness (QED) is 0.716. The minimum Gasteiger partial charge on any atom is -0.469 e. The van der Waals surface area contributed by atoms with Crippen LogP contribution in [0.2, 0.25) is 0 Å². The van der Waals surface area contributed by atoms with Crippen molar-refractivity contribution in [1.82, 2.24) is 4.90 Å². The number of nitrogens with zero attached hydrogens (tertiary/aromatic N) is 1. The summed E-state index contributed by atoms with van der Waals surface area (Å²) in [6, 6.07) is 0. The summed E-state index contributed by atoms with van der Waals surface area (Å²) in [5, 5.41) is 3.76. The van der Waals surface area contributed by atoms with Gasteiger partial charge in [-0.2, -0.15) is 11.3 Å². The van der Waals surface area contributed by atoms with E-state index in [9.17, 15) is 9.59 Å². The Bertz CT molecular complexity index is 430. The zero-order chi connectivity index (χ0) is 14.3. The predicted octanol–water partition coefficient (Wildman–Crippen LogP) is 1.71. The van der Waals surface area contributed by atoms with Crippen molar-refractivity contribution in [3.8, 4) is 0 Å². The Morgan fingerprint density at radius 1 is 1.26 bits per heavy atom. The summed E-state index contributed by atoms with van der Waals surface area (Å²) >= 11 is 1.49. The van der Waals surface area contributed by atoms with E-state index in [0.29, 0.717) is 25.3 Å². The number of ether oxygens (including phenoxy) is 2. The van der Waals surface area contributed by atoms with Crippen LogP contribution in [0.3, 0.4) is 0 Å². The molecule has 0 unspecified atom stereocenters. The molecule has 6 heteroatoms. The van der Waals surface area contributed by atoms with Gasteiger partial charge in [0.1, 0.15) is 0 Å². The van der Waals surface area contributed by atoms with Crippen LogP contribution < -0.4 is 0 Å². The number of esters is 1. The molecule has 0 aromatic carbocycles. The number of carbonyl (C=O) groups is 2. The highest BCUT2D eigenvalue weighted by molar-refractivity contribution is 7.08. The maximum atomic E-state index is 12.4. The Labute approximate surface area is 117 Å². The lowest BCUT2D eigenvalue weighted by molar-refractivity contribution is -0.140. The van der Waals surface area contributed by atoms with E-state index in [1.807, 2.05) is 17.7 Å². The van der Waals surface area contributed by atoms with Gasteiger partial charge >= 0.3 is 5.97 Å². The van der Waals surface area contributed by atoms with Crippen LogP contribution in [-0.2, 0) is 14.3 Å². The average Bonchev–Trinajstić information content (AvgIpc) is 2.84.